The third kappa shape index (κ3) is 2.91. The molecule has 7 heteroatoms. The summed E-state index contributed by atoms with van der Waals surface area (Å²) in [6.45, 7) is -1.24. The van der Waals surface area contributed by atoms with E-state index >= 15 is 0 Å². The van der Waals surface area contributed by atoms with Gasteiger partial charge in [-0.25, -0.2) is 0 Å². The minimum absolute atomic E-state index is 0.0705. The zero-order valence-electron chi connectivity index (χ0n) is 9.44. The summed E-state index contributed by atoms with van der Waals surface area (Å²) >= 11 is 0. The first-order valence-electron chi connectivity index (χ1n) is 5.45. The second-order valence-corrected chi connectivity index (χ2v) is 4.24. The molecular formula is C11H12F3N3O. The van der Waals surface area contributed by atoms with Gasteiger partial charge < -0.3 is 10.6 Å². The molecule has 0 spiro atoms. The summed E-state index contributed by atoms with van der Waals surface area (Å²) in [5, 5.41) is 0. The highest BCUT2D eigenvalue weighted by molar-refractivity contribution is 5.99. The molecule has 18 heavy (non-hydrogen) atoms. The molecule has 1 aromatic heterocycles. The number of carbonyl (C=O) groups excluding carboxylic acids is 1. The van der Waals surface area contributed by atoms with E-state index in [1.54, 1.807) is 0 Å². The molecule has 0 atom stereocenters. The van der Waals surface area contributed by atoms with Crippen LogP contribution < -0.4 is 5.73 Å². The van der Waals surface area contributed by atoms with Crippen molar-refractivity contribution < 1.29 is 18.0 Å². The number of hydrogen-bond donors (Lipinski definition) is 1. The van der Waals surface area contributed by atoms with Gasteiger partial charge in [0.2, 0.25) is 0 Å². The van der Waals surface area contributed by atoms with Crippen LogP contribution in [0.25, 0.3) is 0 Å². The Labute approximate surface area is 102 Å². The minimum atomic E-state index is -4.40. The first-order chi connectivity index (χ1) is 8.38. The lowest BCUT2D eigenvalue weighted by Gasteiger charge is -2.24. The predicted molar refractivity (Wildman–Crippen MR) is 58.8 cm³/mol. The first-order valence-corrected chi connectivity index (χ1v) is 5.45. The monoisotopic (exact) mass is 259 g/mol. The van der Waals surface area contributed by atoms with Crippen LogP contribution in [0.3, 0.4) is 0 Å². The van der Waals surface area contributed by atoms with Crippen molar-refractivity contribution in [1.82, 2.24) is 9.88 Å². The largest absolute Gasteiger partial charge is 0.406 e. The molecule has 0 saturated heterocycles. The van der Waals surface area contributed by atoms with E-state index in [0.29, 0.717) is 12.8 Å². The van der Waals surface area contributed by atoms with Gasteiger partial charge in [-0.2, -0.15) is 13.2 Å². The fraction of sp³-hybridized carbons (Fsp3) is 0.455. The molecule has 1 aliphatic carbocycles. The van der Waals surface area contributed by atoms with Gasteiger partial charge in [0.1, 0.15) is 6.54 Å². The van der Waals surface area contributed by atoms with Crippen molar-refractivity contribution in [1.29, 1.82) is 0 Å². The van der Waals surface area contributed by atoms with Crippen molar-refractivity contribution in [3.8, 4) is 0 Å². The molecule has 1 saturated carbocycles. The van der Waals surface area contributed by atoms with Crippen LogP contribution in [0.4, 0.5) is 18.9 Å². The van der Waals surface area contributed by atoms with Gasteiger partial charge in [0.25, 0.3) is 5.91 Å². The van der Waals surface area contributed by atoms with Gasteiger partial charge in [-0.1, -0.05) is 0 Å². The van der Waals surface area contributed by atoms with Crippen LogP contribution in [0.15, 0.2) is 18.5 Å². The molecule has 0 aliphatic heterocycles. The zero-order chi connectivity index (χ0) is 13.3. The minimum Gasteiger partial charge on any atom is -0.397 e. The molecule has 1 aromatic rings. The van der Waals surface area contributed by atoms with Gasteiger partial charge in [0, 0.05) is 12.2 Å². The summed E-state index contributed by atoms with van der Waals surface area (Å²) in [6.07, 6.45) is -0.603. The van der Waals surface area contributed by atoms with Crippen LogP contribution in [0.1, 0.15) is 23.2 Å². The summed E-state index contributed by atoms with van der Waals surface area (Å²) in [5.41, 5.74) is 5.72. The number of pyridine rings is 1. The number of nitrogen functional groups attached to an aromatic ring is 1. The van der Waals surface area contributed by atoms with Gasteiger partial charge in [0.05, 0.1) is 17.4 Å². The van der Waals surface area contributed by atoms with Crippen LogP contribution in [0.5, 0.6) is 0 Å². The Balaban J connectivity index is 2.21. The maximum Gasteiger partial charge on any atom is 0.406 e. The van der Waals surface area contributed by atoms with Gasteiger partial charge in [-0.15, -0.1) is 0 Å². The van der Waals surface area contributed by atoms with Crippen molar-refractivity contribution in [2.75, 3.05) is 12.3 Å². The quantitative estimate of drug-likeness (QED) is 0.900. The lowest BCUT2D eigenvalue weighted by atomic mass is 10.2. The molecule has 1 fully saturated rings. The van der Waals surface area contributed by atoms with Crippen molar-refractivity contribution >= 4 is 11.6 Å². The Kier molecular flexibility index (Phi) is 3.14. The van der Waals surface area contributed by atoms with E-state index in [2.05, 4.69) is 4.98 Å². The summed E-state index contributed by atoms with van der Waals surface area (Å²) in [4.78, 5) is 16.6. The van der Waals surface area contributed by atoms with Crippen molar-refractivity contribution in [2.24, 2.45) is 0 Å². The molecule has 1 aliphatic rings. The number of alkyl halides is 3. The van der Waals surface area contributed by atoms with E-state index in [9.17, 15) is 18.0 Å². The summed E-state index contributed by atoms with van der Waals surface area (Å²) in [7, 11) is 0. The Morgan fingerprint density at radius 1 is 1.50 bits per heavy atom. The van der Waals surface area contributed by atoms with Gasteiger partial charge in [0.15, 0.2) is 0 Å². The number of carbonyl (C=O) groups is 1. The Hall–Kier alpha value is -1.79. The molecule has 0 bridgehead atoms. The Morgan fingerprint density at radius 2 is 2.17 bits per heavy atom. The highest BCUT2D eigenvalue weighted by atomic mass is 19.4. The molecule has 1 heterocycles. The zero-order valence-corrected chi connectivity index (χ0v) is 9.44. The maximum atomic E-state index is 12.4. The molecule has 1 amide bonds. The standard InChI is InChI=1S/C11H12F3N3O/c12-11(13,14)6-17(7-1-2-7)10(18)8-3-4-16-5-9(8)15/h3-5,7H,1-2,6,15H2. The van der Waals surface area contributed by atoms with Gasteiger partial charge >= 0.3 is 6.18 Å². The number of amides is 1. The van der Waals surface area contributed by atoms with E-state index in [1.807, 2.05) is 0 Å². The van der Waals surface area contributed by atoms with E-state index in [4.69, 9.17) is 5.73 Å². The van der Waals surface area contributed by atoms with Crippen LogP contribution in [0.2, 0.25) is 0 Å². The Morgan fingerprint density at radius 3 is 2.67 bits per heavy atom. The van der Waals surface area contributed by atoms with Crippen molar-refractivity contribution in [3.63, 3.8) is 0 Å². The van der Waals surface area contributed by atoms with Gasteiger partial charge in [-0.05, 0) is 18.9 Å². The van der Waals surface area contributed by atoms with E-state index in [1.165, 1.54) is 18.5 Å². The fourth-order valence-corrected chi connectivity index (χ4v) is 1.70. The second kappa shape index (κ2) is 4.47. The fourth-order valence-electron chi connectivity index (χ4n) is 1.70. The van der Waals surface area contributed by atoms with Crippen LogP contribution in [-0.2, 0) is 0 Å². The highest BCUT2D eigenvalue weighted by Gasteiger charge is 2.41. The smallest absolute Gasteiger partial charge is 0.397 e. The molecule has 2 rings (SSSR count). The number of anilines is 1. The average molecular weight is 259 g/mol. The van der Waals surface area contributed by atoms with Gasteiger partial charge in [-0.3, -0.25) is 9.78 Å². The normalized spacial score (nSPS) is 15.5. The highest BCUT2D eigenvalue weighted by Crippen LogP contribution is 2.32. The first kappa shape index (κ1) is 12.7. The topological polar surface area (TPSA) is 59.2 Å². The van der Waals surface area contributed by atoms with Crippen LogP contribution in [0, 0.1) is 0 Å². The SMILES string of the molecule is Nc1cnccc1C(=O)N(CC(F)(F)F)C1CC1. The molecule has 0 unspecified atom stereocenters. The number of aromatic nitrogens is 1. The average Bonchev–Trinajstić information content (AvgIpc) is 3.08. The number of nitrogens with two attached hydrogens (primary N) is 1. The van der Waals surface area contributed by atoms with Crippen molar-refractivity contribution in [3.05, 3.63) is 24.0 Å². The molecule has 0 radical (unpaired) electrons. The summed E-state index contributed by atoms with van der Waals surface area (Å²) < 4.78 is 37.3. The van der Waals surface area contributed by atoms with E-state index in [-0.39, 0.29) is 17.3 Å². The molecular weight excluding hydrogens is 247 g/mol. The maximum absolute atomic E-state index is 12.4. The Bertz CT molecular complexity index is 457. The number of hydrogen-bond acceptors (Lipinski definition) is 3. The summed E-state index contributed by atoms with van der Waals surface area (Å²) in [5.74, 6) is -0.685. The van der Waals surface area contributed by atoms with Crippen molar-refractivity contribution in [2.45, 2.75) is 25.1 Å². The number of halogens is 3. The van der Waals surface area contributed by atoms with E-state index in [0.717, 1.165) is 4.90 Å². The second-order valence-electron chi connectivity index (χ2n) is 4.24. The molecule has 4 nitrogen and oxygen atoms in total. The summed E-state index contributed by atoms with van der Waals surface area (Å²) in [6, 6.07) is 1.01. The molecule has 0 aromatic carbocycles. The lowest BCUT2D eigenvalue weighted by Crippen LogP contribution is -2.40. The number of nitrogens with zero attached hydrogens (tertiary/aromatic N) is 2. The number of rotatable bonds is 3. The molecule has 2 N–H and O–H groups in total. The molecule has 98 valence electrons. The predicted octanol–water partition coefficient (Wildman–Crippen LogP) is 1.83. The van der Waals surface area contributed by atoms with Crippen LogP contribution >= 0.6 is 0 Å². The third-order valence-electron chi connectivity index (χ3n) is 2.68. The lowest BCUT2D eigenvalue weighted by molar-refractivity contribution is -0.141. The van der Waals surface area contributed by atoms with Crippen LogP contribution in [-0.4, -0.2) is 34.6 Å². The third-order valence-corrected chi connectivity index (χ3v) is 2.68. The van der Waals surface area contributed by atoms with E-state index < -0.39 is 18.6 Å².